The van der Waals surface area contributed by atoms with Crippen molar-refractivity contribution in [3.8, 4) is 0 Å². The number of rotatable bonds is 5. The first-order chi connectivity index (χ1) is 17.2. The zero-order valence-corrected chi connectivity index (χ0v) is 23.2. The van der Waals surface area contributed by atoms with Crippen molar-refractivity contribution < 1.29 is 34.4 Å². The van der Waals surface area contributed by atoms with Crippen LogP contribution in [0.15, 0.2) is 46.6 Å². The van der Waals surface area contributed by atoms with Gasteiger partial charge in [-0.3, -0.25) is 0 Å². The molecule has 4 aliphatic rings. The van der Waals surface area contributed by atoms with E-state index in [0.717, 1.165) is 6.42 Å². The lowest BCUT2D eigenvalue weighted by Gasteiger charge is -2.52. The molecule has 3 N–H and O–H groups in total. The van der Waals surface area contributed by atoms with Gasteiger partial charge in [0.25, 0.3) is 0 Å². The topological polar surface area (TPSA) is 113 Å². The standard InChI is InChI=1S/C30H42O7/c1-9-15(3)26(33)36-14-19-12-20-22-21(28(22,7)8)11-18(6)29(24(20)32)13-17(5)25(30(29,35)23(19)31)37-27(34)16(4)10-2/h9-10,12-13,18,20-25,31-32,35H,11,14H2,1-8H3. The molecule has 2 fully saturated rings. The Balaban J connectivity index is 1.85. The summed E-state index contributed by atoms with van der Waals surface area (Å²) in [7, 11) is 0. The lowest BCUT2D eigenvalue weighted by atomic mass is 9.58. The summed E-state index contributed by atoms with van der Waals surface area (Å²) in [4.78, 5) is 25.3. The first-order valence-electron chi connectivity index (χ1n) is 13.3. The molecule has 0 aromatic heterocycles. The molecule has 0 amide bonds. The van der Waals surface area contributed by atoms with Crippen molar-refractivity contribution in [1.29, 1.82) is 0 Å². The summed E-state index contributed by atoms with van der Waals surface area (Å²) in [5.41, 5.74) is -1.62. The number of allylic oxidation sites excluding steroid dienone is 2. The molecule has 204 valence electrons. The predicted molar refractivity (Wildman–Crippen MR) is 139 cm³/mol. The summed E-state index contributed by atoms with van der Waals surface area (Å²) in [5, 5.41) is 36.7. The molecule has 0 saturated heterocycles. The van der Waals surface area contributed by atoms with Gasteiger partial charge in [-0.05, 0) is 75.4 Å². The second kappa shape index (κ2) is 9.21. The molecule has 4 aliphatic carbocycles. The van der Waals surface area contributed by atoms with Gasteiger partial charge < -0.3 is 24.8 Å². The second-order valence-electron chi connectivity index (χ2n) is 12.2. The molecule has 2 bridgehead atoms. The van der Waals surface area contributed by atoms with E-state index in [9.17, 15) is 24.9 Å². The van der Waals surface area contributed by atoms with E-state index in [0.29, 0.717) is 28.2 Å². The molecule has 2 saturated carbocycles. The van der Waals surface area contributed by atoms with Crippen LogP contribution in [0.2, 0.25) is 0 Å². The third-order valence-electron chi connectivity index (χ3n) is 10.1. The Hall–Kier alpha value is -2.22. The zero-order chi connectivity index (χ0) is 27.7. The van der Waals surface area contributed by atoms with Gasteiger partial charge in [0.15, 0.2) is 6.10 Å². The quantitative estimate of drug-likeness (QED) is 0.292. The molecule has 0 radical (unpaired) electrons. The van der Waals surface area contributed by atoms with Crippen LogP contribution in [0, 0.1) is 34.5 Å². The summed E-state index contributed by atoms with van der Waals surface area (Å²) in [6, 6.07) is 0. The van der Waals surface area contributed by atoms with Gasteiger partial charge >= 0.3 is 11.9 Å². The van der Waals surface area contributed by atoms with Crippen molar-refractivity contribution in [2.45, 2.75) is 85.7 Å². The van der Waals surface area contributed by atoms with E-state index in [1.807, 2.05) is 19.1 Å². The molecule has 37 heavy (non-hydrogen) atoms. The van der Waals surface area contributed by atoms with Gasteiger partial charge in [0, 0.05) is 17.1 Å². The number of aliphatic hydroxyl groups excluding tert-OH is 2. The number of fused-ring (bicyclic) bond motifs is 3. The highest BCUT2D eigenvalue weighted by atomic mass is 16.6. The number of carbonyl (C=O) groups is 2. The van der Waals surface area contributed by atoms with Crippen LogP contribution in [0.4, 0.5) is 0 Å². The maximum Gasteiger partial charge on any atom is 0.334 e. The van der Waals surface area contributed by atoms with E-state index in [2.05, 4.69) is 13.8 Å². The number of hydrogen-bond donors (Lipinski definition) is 3. The van der Waals surface area contributed by atoms with Crippen LogP contribution in [-0.2, 0) is 19.1 Å². The molecule has 0 aromatic rings. The second-order valence-corrected chi connectivity index (χ2v) is 12.2. The predicted octanol–water partition coefficient (Wildman–Crippen LogP) is 3.64. The van der Waals surface area contributed by atoms with Crippen LogP contribution in [-0.4, -0.2) is 57.8 Å². The number of aliphatic hydroxyl groups is 3. The first kappa shape index (κ1) is 27.8. The lowest BCUT2D eigenvalue weighted by Crippen LogP contribution is -2.67. The summed E-state index contributed by atoms with van der Waals surface area (Å²) in [6.45, 7) is 14.6. The van der Waals surface area contributed by atoms with E-state index in [1.54, 1.807) is 46.8 Å². The SMILES string of the molecule is CC=C(C)C(=O)OCC1=CC2C3C(CC(C)C4(C=C(C)C(OC(=O)C(C)=CC)C4(O)C1O)C2O)C3(C)C. The first-order valence-corrected chi connectivity index (χ1v) is 13.3. The Morgan fingerprint density at radius 2 is 1.70 bits per heavy atom. The van der Waals surface area contributed by atoms with E-state index in [4.69, 9.17) is 9.47 Å². The maximum atomic E-state index is 12.9. The molecule has 1 spiro atoms. The fraction of sp³-hybridized carbons (Fsp3) is 0.667. The lowest BCUT2D eigenvalue weighted by molar-refractivity contribution is -0.223. The van der Waals surface area contributed by atoms with E-state index in [-0.39, 0.29) is 29.8 Å². The molecule has 9 atom stereocenters. The average molecular weight is 515 g/mol. The molecule has 7 heteroatoms. The normalized spacial score (nSPS) is 42.4. The Labute approximate surface area is 219 Å². The molecule has 9 unspecified atom stereocenters. The smallest absolute Gasteiger partial charge is 0.334 e. The third-order valence-corrected chi connectivity index (χ3v) is 10.1. The van der Waals surface area contributed by atoms with Crippen LogP contribution in [0.3, 0.4) is 0 Å². The van der Waals surface area contributed by atoms with Gasteiger partial charge in [-0.2, -0.15) is 0 Å². The van der Waals surface area contributed by atoms with Gasteiger partial charge in [0.05, 0.1) is 11.5 Å². The Kier molecular flexibility index (Phi) is 6.92. The minimum Gasteiger partial charge on any atom is -0.458 e. The van der Waals surface area contributed by atoms with Crippen molar-refractivity contribution in [2.75, 3.05) is 6.61 Å². The highest BCUT2D eigenvalue weighted by Crippen LogP contribution is 2.72. The van der Waals surface area contributed by atoms with E-state index >= 15 is 0 Å². The maximum absolute atomic E-state index is 12.9. The molecular formula is C30H42O7. The average Bonchev–Trinajstić information content (AvgIpc) is 3.35. The van der Waals surface area contributed by atoms with Crippen LogP contribution in [0.25, 0.3) is 0 Å². The van der Waals surface area contributed by atoms with Gasteiger partial charge in [-0.15, -0.1) is 0 Å². The Bertz CT molecular complexity index is 1110. The third kappa shape index (κ3) is 3.80. The largest absolute Gasteiger partial charge is 0.458 e. The van der Waals surface area contributed by atoms with Gasteiger partial charge in [0.2, 0.25) is 0 Å². The van der Waals surface area contributed by atoms with Crippen molar-refractivity contribution in [3.63, 3.8) is 0 Å². The minimum atomic E-state index is -2.05. The van der Waals surface area contributed by atoms with Crippen molar-refractivity contribution >= 4 is 11.9 Å². The van der Waals surface area contributed by atoms with Crippen molar-refractivity contribution in [2.24, 2.45) is 34.5 Å². The van der Waals surface area contributed by atoms with Crippen molar-refractivity contribution in [1.82, 2.24) is 0 Å². The molecule has 0 aromatic carbocycles. The monoisotopic (exact) mass is 514 g/mol. The van der Waals surface area contributed by atoms with Crippen LogP contribution >= 0.6 is 0 Å². The van der Waals surface area contributed by atoms with Crippen LogP contribution in [0.5, 0.6) is 0 Å². The highest BCUT2D eigenvalue weighted by molar-refractivity contribution is 5.88. The fourth-order valence-electron chi connectivity index (χ4n) is 7.59. The summed E-state index contributed by atoms with van der Waals surface area (Å²) >= 11 is 0. The molecule has 4 rings (SSSR count). The summed E-state index contributed by atoms with van der Waals surface area (Å²) in [5.74, 6) is -1.24. The van der Waals surface area contributed by atoms with Gasteiger partial charge in [0.1, 0.15) is 18.3 Å². The Morgan fingerprint density at radius 1 is 1.11 bits per heavy atom. The summed E-state index contributed by atoms with van der Waals surface area (Å²) < 4.78 is 11.4. The van der Waals surface area contributed by atoms with Gasteiger partial charge in [-0.1, -0.05) is 45.1 Å². The van der Waals surface area contributed by atoms with Crippen LogP contribution in [0.1, 0.15) is 61.8 Å². The molecular weight excluding hydrogens is 472 g/mol. The van der Waals surface area contributed by atoms with Gasteiger partial charge in [-0.25, -0.2) is 9.59 Å². The zero-order valence-electron chi connectivity index (χ0n) is 23.2. The number of carbonyl (C=O) groups excluding carboxylic acids is 2. The fourth-order valence-corrected chi connectivity index (χ4v) is 7.59. The minimum absolute atomic E-state index is 0.0129. The highest BCUT2D eigenvalue weighted by Gasteiger charge is 2.76. The number of ether oxygens (including phenoxy) is 2. The van der Waals surface area contributed by atoms with E-state index in [1.165, 1.54) is 0 Å². The van der Waals surface area contributed by atoms with Crippen molar-refractivity contribution in [3.05, 3.63) is 46.6 Å². The molecule has 7 nitrogen and oxygen atoms in total. The number of esters is 2. The molecule has 0 aliphatic heterocycles. The van der Waals surface area contributed by atoms with Crippen LogP contribution < -0.4 is 0 Å². The van der Waals surface area contributed by atoms with E-state index < -0.39 is 41.3 Å². The number of hydrogen-bond acceptors (Lipinski definition) is 7. The summed E-state index contributed by atoms with van der Waals surface area (Å²) in [6.07, 6.45) is 3.93. The molecule has 0 heterocycles. The Morgan fingerprint density at radius 3 is 2.30 bits per heavy atom.